The Bertz CT molecular complexity index is 494. The molecule has 1 aliphatic rings. The van der Waals surface area contributed by atoms with Crippen LogP contribution >= 0.6 is 11.6 Å². The zero-order chi connectivity index (χ0) is 14.6. The number of nitrogens with one attached hydrogen (secondary N) is 1. The maximum absolute atomic E-state index is 11.9. The van der Waals surface area contributed by atoms with Gasteiger partial charge in [-0.1, -0.05) is 19.3 Å². The number of rotatable bonds is 5. The van der Waals surface area contributed by atoms with E-state index in [1.807, 2.05) is 0 Å². The molecule has 1 amide bonds. The van der Waals surface area contributed by atoms with Crippen LogP contribution in [0.3, 0.4) is 0 Å². The molecular formula is C13H17ClN2O4. The Balaban J connectivity index is 1.95. The van der Waals surface area contributed by atoms with E-state index in [0.717, 1.165) is 25.7 Å². The summed E-state index contributed by atoms with van der Waals surface area (Å²) in [6, 6.07) is 2.48. The van der Waals surface area contributed by atoms with Crippen molar-refractivity contribution in [3.05, 3.63) is 28.0 Å². The summed E-state index contributed by atoms with van der Waals surface area (Å²) in [6.07, 6.45) is 5.44. The van der Waals surface area contributed by atoms with Crippen LogP contribution in [0.25, 0.3) is 0 Å². The lowest BCUT2D eigenvalue weighted by Gasteiger charge is -2.35. The number of hydrogen-bond donors (Lipinski definition) is 1. The highest BCUT2D eigenvalue weighted by Crippen LogP contribution is 2.36. The van der Waals surface area contributed by atoms with Crippen LogP contribution in [0.4, 0.5) is 5.88 Å². The second-order valence-electron chi connectivity index (χ2n) is 5.27. The summed E-state index contributed by atoms with van der Waals surface area (Å²) < 4.78 is 4.87. The molecule has 1 aliphatic carbocycles. The fourth-order valence-corrected chi connectivity index (χ4v) is 2.92. The first kappa shape index (κ1) is 14.8. The summed E-state index contributed by atoms with van der Waals surface area (Å²) in [7, 11) is 0. The number of hydrogen-bond acceptors (Lipinski definition) is 4. The molecule has 1 saturated carbocycles. The number of halogens is 1. The van der Waals surface area contributed by atoms with Crippen molar-refractivity contribution in [3.8, 4) is 0 Å². The van der Waals surface area contributed by atoms with Crippen LogP contribution < -0.4 is 5.32 Å². The van der Waals surface area contributed by atoms with Gasteiger partial charge < -0.3 is 9.73 Å². The molecule has 0 spiro atoms. The number of amides is 1. The number of carbonyl (C=O) groups excluding carboxylic acids is 1. The Morgan fingerprint density at radius 3 is 2.65 bits per heavy atom. The minimum absolute atomic E-state index is 0.0442. The Morgan fingerprint density at radius 2 is 2.10 bits per heavy atom. The fraction of sp³-hybridized carbons (Fsp3) is 0.615. The summed E-state index contributed by atoms with van der Waals surface area (Å²) in [5, 5.41) is 13.3. The van der Waals surface area contributed by atoms with Crippen LogP contribution in [-0.4, -0.2) is 23.3 Å². The van der Waals surface area contributed by atoms with Crippen LogP contribution in [0.2, 0.25) is 0 Å². The molecule has 0 unspecified atom stereocenters. The standard InChI is InChI=1S/C13H17ClN2O4/c14-8-13(6-2-1-3-7-13)9-15-12(17)10-4-5-11(20-10)16(18)19/h4-5H,1-3,6-9H2,(H,15,17). The molecule has 2 rings (SSSR count). The van der Waals surface area contributed by atoms with Crippen LogP contribution in [-0.2, 0) is 0 Å². The molecule has 1 fully saturated rings. The lowest BCUT2D eigenvalue weighted by Crippen LogP contribution is -2.40. The molecule has 1 heterocycles. The van der Waals surface area contributed by atoms with Gasteiger partial charge in [0.05, 0.1) is 6.07 Å². The number of furan rings is 1. The Morgan fingerprint density at radius 1 is 1.40 bits per heavy atom. The van der Waals surface area contributed by atoms with Crippen molar-refractivity contribution < 1.29 is 14.1 Å². The summed E-state index contributed by atoms with van der Waals surface area (Å²) in [4.78, 5) is 21.7. The summed E-state index contributed by atoms with van der Waals surface area (Å²) >= 11 is 6.05. The molecular weight excluding hydrogens is 284 g/mol. The Hall–Kier alpha value is -1.56. The van der Waals surface area contributed by atoms with E-state index in [-0.39, 0.29) is 11.2 Å². The lowest BCUT2D eigenvalue weighted by atomic mass is 9.75. The van der Waals surface area contributed by atoms with E-state index in [4.69, 9.17) is 16.0 Å². The third-order valence-corrected chi connectivity index (χ3v) is 4.38. The van der Waals surface area contributed by atoms with Gasteiger partial charge in [-0.15, -0.1) is 11.6 Å². The molecule has 6 nitrogen and oxygen atoms in total. The van der Waals surface area contributed by atoms with Gasteiger partial charge in [-0.25, -0.2) is 0 Å². The first-order valence-corrected chi connectivity index (χ1v) is 7.18. The van der Waals surface area contributed by atoms with Crippen molar-refractivity contribution in [1.82, 2.24) is 5.32 Å². The molecule has 20 heavy (non-hydrogen) atoms. The van der Waals surface area contributed by atoms with Crippen molar-refractivity contribution >= 4 is 23.4 Å². The van der Waals surface area contributed by atoms with Crippen molar-refractivity contribution in [2.75, 3.05) is 12.4 Å². The molecule has 0 radical (unpaired) electrons. The van der Waals surface area contributed by atoms with Gasteiger partial charge in [0.25, 0.3) is 5.91 Å². The predicted octanol–water partition coefficient (Wildman–Crippen LogP) is 3.11. The zero-order valence-corrected chi connectivity index (χ0v) is 11.8. The minimum Gasteiger partial charge on any atom is -0.395 e. The number of nitrogens with zero attached hydrogens (tertiary/aromatic N) is 1. The average molecular weight is 301 g/mol. The second-order valence-corrected chi connectivity index (χ2v) is 5.54. The second kappa shape index (κ2) is 6.26. The molecule has 0 atom stereocenters. The van der Waals surface area contributed by atoms with Crippen molar-refractivity contribution in [3.63, 3.8) is 0 Å². The minimum atomic E-state index is -0.668. The van der Waals surface area contributed by atoms with Crippen LogP contribution in [0.5, 0.6) is 0 Å². The molecule has 7 heteroatoms. The molecule has 0 bridgehead atoms. The van der Waals surface area contributed by atoms with Crippen LogP contribution in [0.15, 0.2) is 16.5 Å². The first-order chi connectivity index (χ1) is 9.56. The maximum Gasteiger partial charge on any atom is 0.433 e. The average Bonchev–Trinajstić information content (AvgIpc) is 2.96. The topological polar surface area (TPSA) is 85.4 Å². The van der Waals surface area contributed by atoms with Gasteiger partial charge in [-0.3, -0.25) is 14.9 Å². The SMILES string of the molecule is O=C(NCC1(CCl)CCCCC1)c1ccc([N+](=O)[O-])o1. The highest BCUT2D eigenvalue weighted by Gasteiger charge is 2.32. The molecule has 0 saturated heterocycles. The fourth-order valence-electron chi connectivity index (χ4n) is 2.56. The van der Waals surface area contributed by atoms with Gasteiger partial charge in [0.1, 0.15) is 4.92 Å². The van der Waals surface area contributed by atoms with Gasteiger partial charge in [-0.05, 0) is 18.9 Å². The van der Waals surface area contributed by atoms with Crippen LogP contribution in [0, 0.1) is 15.5 Å². The van der Waals surface area contributed by atoms with Crippen molar-refractivity contribution in [2.24, 2.45) is 5.41 Å². The van der Waals surface area contributed by atoms with E-state index >= 15 is 0 Å². The van der Waals surface area contributed by atoms with E-state index in [1.165, 1.54) is 18.6 Å². The first-order valence-electron chi connectivity index (χ1n) is 6.65. The molecule has 1 N–H and O–H groups in total. The molecule has 1 aromatic rings. The largest absolute Gasteiger partial charge is 0.433 e. The van der Waals surface area contributed by atoms with Gasteiger partial charge in [0.2, 0.25) is 0 Å². The Kier molecular flexibility index (Phi) is 4.65. The smallest absolute Gasteiger partial charge is 0.395 e. The highest BCUT2D eigenvalue weighted by molar-refractivity contribution is 6.18. The Labute approximate surface area is 121 Å². The van der Waals surface area contributed by atoms with E-state index in [2.05, 4.69) is 5.32 Å². The van der Waals surface area contributed by atoms with Crippen molar-refractivity contribution in [2.45, 2.75) is 32.1 Å². The van der Waals surface area contributed by atoms with E-state index < -0.39 is 16.7 Å². The highest BCUT2D eigenvalue weighted by atomic mass is 35.5. The number of carbonyl (C=O) groups is 1. The summed E-state index contributed by atoms with van der Waals surface area (Å²) in [5.41, 5.74) is -0.0615. The third-order valence-electron chi connectivity index (χ3n) is 3.82. The molecule has 0 aromatic carbocycles. The van der Waals surface area contributed by atoms with Gasteiger partial charge >= 0.3 is 5.88 Å². The van der Waals surface area contributed by atoms with Gasteiger partial charge in [0.15, 0.2) is 5.76 Å². The van der Waals surface area contributed by atoms with E-state index in [9.17, 15) is 14.9 Å². The summed E-state index contributed by atoms with van der Waals surface area (Å²) in [5.74, 6) is -0.406. The normalized spacial score (nSPS) is 17.6. The number of nitro groups is 1. The quantitative estimate of drug-likeness (QED) is 0.514. The number of alkyl halides is 1. The van der Waals surface area contributed by atoms with Crippen LogP contribution in [0.1, 0.15) is 42.7 Å². The third kappa shape index (κ3) is 3.30. The van der Waals surface area contributed by atoms with Gasteiger partial charge in [0, 0.05) is 17.8 Å². The van der Waals surface area contributed by atoms with Gasteiger partial charge in [-0.2, -0.15) is 0 Å². The maximum atomic E-state index is 11.9. The zero-order valence-electron chi connectivity index (χ0n) is 11.1. The molecule has 110 valence electrons. The summed E-state index contributed by atoms with van der Waals surface area (Å²) in [6.45, 7) is 0.476. The molecule has 0 aliphatic heterocycles. The lowest BCUT2D eigenvalue weighted by molar-refractivity contribution is -0.402. The monoisotopic (exact) mass is 300 g/mol. The molecule has 1 aromatic heterocycles. The van der Waals surface area contributed by atoms with E-state index in [0.29, 0.717) is 12.4 Å². The van der Waals surface area contributed by atoms with Crippen molar-refractivity contribution in [1.29, 1.82) is 0 Å². The predicted molar refractivity (Wildman–Crippen MR) is 73.9 cm³/mol. The van der Waals surface area contributed by atoms with E-state index in [1.54, 1.807) is 0 Å².